The Morgan fingerprint density at radius 1 is 1.09 bits per heavy atom. The van der Waals surface area contributed by atoms with Crippen LogP contribution in [-0.4, -0.2) is 133 Å². The van der Waals surface area contributed by atoms with Crippen LogP contribution in [0.2, 0.25) is 5.02 Å². The molecule has 2 aromatic rings. The fourth-order valence-corrected chi connectivity index (χ4v) is 10.1. The minimum absolute atomic E-state index is 0.00379. The Balaban J connectivity index is 1.20. The van der Waals surface area contributed by atoms with Crippen molar-refractivity contribution >= 4 is 76.3 Å². The van der Waals surface area contributed by atoms with E-state index in [1.807, 2.05) is 13.0 Å². The first-order chi connectivity index (χ1) is 31.1. The first-order valence-corrected chi connectivity index (χ1v) is 22.9. The lowest BCUT2D eigenvalue weighted by Gasteiger charge is -2.41. The van der Waals surface area contributed by atoms with Crippen LogP contribution in [0.4, 0.5) is 11.4 Å². The van der Waals surface area contributed by atoms with Crippen LogP contribution in [0.1, 0.15) is 75.7 Å². The van der Waals surface area contributed by atoms with Crippen LogP contribution in [0.15, 0.2) is 60.2 Å². The summed E-state index contributed by atoms with van der Waals surface area (Å²) in [5.41, 5.74) is -0.796. The highest BCUT2D eigenvalue weighted by molar-refractivity contribution is 8.00. The zero-order chi connectivity index (χ0) is 48.4. The fourth-order valence-electron chi connectivity index (χ4n) is 8.69. The van der Waals surface area contributed by atoms with Crippen molar-refractivity contribution < 1.29 is 67.5 Å². The van der Waals surface area contributed by atoms with E-state index in [2.05, 4.69) is 0 Å². The van der Waals surface area contributed by atoms with Gasteiger partial charge in [-0.05, 0) is 62.6 Å². The normalized spacial score (nSPS) is 29.8. The van der Waals surface area contributed by atoms with Gasteiger partial charge in [0.05, 0.1) is 48.6 Å². The summed E-state index contributed by atoms with van der Waals surface area (Å²) in [6.07, 6.45) is 1.12. The molecule has 0 radical (unpaired) electrons. The lowest BCUT2D eigenvalue weighted by Crippen LogP contribution is -2.53. The van der Waals surface area contributed by atoms with Gasteiger partial charge in [-0.1, -0.05) is 54.5 Å². The van der Waals surface area contributed by atoms with E-state index in [9.17, 15) is 43.8 Å². The molecule has 356 valence electrons. The summed E-state index contributed by atoms with van der Waals surface area (Å²) in [5.74, 6) is -4.89. The van der Waals surface area contributed by atoms with E-state index < -0.39 is 94.4 Å². The molecule has 6 rings (SSSR count). The minimum Gasteiger partial charge on any atom is -0.545 e. The lowest BCUT2D eigenvalue weighted by atomic mass is 9.78. The summed E-state index contributed by atoms with van der Waals surface area (Å²) >= 11 is 7.90. The summed E-state index contributed by atoms with van der Waals surface area (Å²) in [5, 5.41) is 22.5. The second kappa shape index (κ2) is 20.3. The van der Waals surface area contributed by atoms with Crippen LogP contribution in [0.5, 0.6) is 5.75 Å². The number of carbonyl (C=O) groups is 7. The number of esters is 2. The molecule has 1 N–H and O–H groups in total. The number of hydrogen-bond acceptors (Lipinski definition) is 15. The summed E-state index contributed by atoms with van der Waals surface area (Å²) in [6, 6.07) is 7.55. The quantitative estimate of drug-likeness (QED) is 0.193. The second-order valence-corrected chi connectivity index (χ2v) is 19.1. The first-order valence-electron chi connectivity index (χ1n) is 21.5. The van der Waals surface area contributed by atoms with E-state index in [4.69, 9.17) is 35.3 Å². The molecule has 4 amide bonds. The van der Waals surface area contributed by atoms with Crippen molar-refractivity contribution in [2.24, 2.45) is 5.92 Å². The predicted molar refractivity (Wildman–Crippen MR) is 241 cm³/mol. The van der Waals surface area contributed by atoms with Crippen LogP contribution in [0.25, 0.3) is 0 Å². The number of nitrogens with zero attached hydrogens (tertiary/aromatic N) is 3. The molecule has 1 unspecified atom stereocenters. The third-order valence-electron chi connectivity index (χ3n) is 12.9. The Labute approximate surface area is 392 Å². The van der Waals surface area contributed by atoms with E-state index in [1.165, 1.54) is 62.3 Å². The molecule has 0 saturated carbocycles. The molecule has 9 atom stereocenters. The number of benzene rings is 2. The number of carboxylic acid groups (broad SMARTS) is 1. The van der Waals surface area contributed by atoms with Crippen LogP contribution in [0, 0.1) is 5.92 Å². The number of carbonyl (C=O) groups excluding carboxylic acids is 7. The molecule has 4 heterocycles. The topological polar surface area (TPSA) is 222 Å². The van der Waals surface area contributed by atoms with Gasteiger partial charge in [0.15, 0.2) is 0 Å². The SMILES string of the molecule is COc1cc2cc(c1Cl)N(C)C(=O)C[C@H](OC(=O)[C@H](C)N(C)C(=O)CCSC1CC(=O)N(c3ccc(C(=O)[O-])cc3)C1=O)[C@@]1(C)O[C@H]1[C@H](C)[C@@H]1C[C@@](O)(CC(=O)O1)[C@H](OC)/C=C/C=C(\C)C2. The number of methoxy groups -OCH3 is 2. The number of amides is 4. The first kappa shape index (κ1) is 50.1. The Bertz CT molecular complexity index is 2320. The molecular weight excluding hydrogens is 898 g/mol. The van der Waals surface area contributed by atoms with Gasteiger partial charge >= 0.3 is 11.9 Å². The highest BCUT2D eigenvalue weighted by Crippen LogP contribution is 2.50. The smallest absolute Gasteiger partial charge is 0.328 e. The highest BCUT2D eigenvalue weighted by Gasteiger charge is 2.64. The number of aromatic carboxylic acids is 1. The lowest BCUT2D eigenvalue weighted by molar-refractivity contribution is -0.255. The van der Waals surface area contributed by atoms with Gasteiger partial charge in [-0.25, -0.2) is 9.69 Å². The summed E-state index contributed by atoms with van der Waals surface area (Å²) in [6.45, 7) is 6.85. The molecule has 0 spiro atoms. The van der Waals surface area contributed by atoms with Crippen LogP contribution in [0.3, 0.4) is 0 Å². The zero-order valence-electron chi connectivity index (χ0n) is 38.1. The molecule has 17 nitrogen and oxygen atoms in total. The number of aliphatic hydroxyl groups is 1. The number of likely N-dealkylation sites (N-methyl/N-ethyl adjacent to an activating group) is 1. The molecule has 0 aromatic heterocycles. The van der Waals surface area contributed by atoms with Crippen molar-refractivity contribution in [2.75, 3.05) is 43.9 Å². The highest BCUT2D eigenvalue weighted by atomic mass is 35.5. The van der Waals surface area contributed by atoms with Gasteiger partial charge in [0.1, 0.15) is 46.3 Å². The molecule has 4 aliphatic rings. The van der Waals surface area contributed by atoms with Gasteiger partial charge < -0.3 is 48.5 Å². The summed E-state index contributed by atoms with van der Waals surface area (Å²) in [4.78, 5) is 95.5. The third-order valence-corrected chi connectivity index (χ3v) is 14.5. The maximum Gasteiger partial charge on any atom is 0.328 e. The van der Waals surface area contributed by atoms with Gasteiger partial charge in [0.2, 0.25) is 23.6 Å². The molecule has 4 aliphatic heterocycles. The Hall–Kier alpha value is -5.27. The maximum absolute atomic E-state index is 14.3. The number of halogens is 1. The van der Waals surface area contributed by atoms with Crippen molar-refractivity contribution in [1.29, 1.82) is 0 Å². The van der Waals surface area contributed by atoms with Gasteiger partial charge in [-0.2, -0.15) is 0 Å². The monoisotopic (exact) mass is 952 g/mol. The average Bonchev–Trinajstić information content (AvgIpc) is 3.89. The number of carboxylic acids is 1. The van der Waals surface area contributed by atoms with Crippen molar-refractivity contribution in [1.82, 2.24) is 4.90 Å². The second-order valence-electron chi connectivity index (χ2n) is 17.4. The van der Waals surface area contributed by atoms with E-state index in [-0.39, 0.29) is 54.1 Å². The molecular formula is C47H55ClN3O14S-. The Morgan fingerprint density at radius 3 is 2.44 bits per heavy atom. The number of allylic oxidation sites excluding steroid dienone is 3. The fraction of sp³-hybridized carbons (Fsp3) is 0.511. The largest absolute Gasteiger partial charge is 0.545 e. The summed E-state index contributed by atoms with van der Waals surface area (Å²) < 4.78 is 29.5. The van der Waals surface area contributed by atoms with Crippen molar-refractivity contribution in [3.05, 3.63) is 76.3 Å². The Kier molecular flexibility index (Phi) is 15.4. The van der Waals surface area contributed by atoms with Crippen molar-refractivity contribution in [3.8, 4) is 5.75 Å². The molecule has 0 aliphatic carbocycles. The third kappa shape index (κ3) is 10.6. The molecule has 2 aromatic carbocycles. The average molecular weight is 953 g/mol. The van der Waals surface area contributed by atoms with Gasteiger partial charge in [0, 0.05) is 52.1 Å². The van der Waals surface area contributed by atoms with Crippen LogP contribution >= 0.6 is 23.4 Å². The van der Waals surface area contributed by atoms with Crippen LogP contribution < -0.4 is 19.6 Å². The minimum atomic E-state index is -1.64. The molecule has 19 heteroatoms. The van der Waals surface area contributed by atoms with E-state index in [1.54, 1.807) is 45.2 Å². The Morgan fingerprint density at radius 2 is 1.79 bits per heavy atom. The van der Waals surface area contributed by atoms with E-state index in [0.717, 1.165) is 27.8 Å². The number of ether oxygens (including phenoxy) is 5. The molecule has 3 fully saturated rings. The van der Waals surface area contributed by atoms with E-state index in [0.29, 0.717) is 17.9 Å². The molecule has 66 heavy (non-hydrogen) atoms. The van der Waals surface area contributed by atoms with Gasteiger partial charge in [0.25, 0.3) is 0 Å². The van der Waals surface area contributed by atoms with Crippen molar-refractivity contribution in [3.63, 3.8) is 0 Å². The van der Waals surface area contributed by atoms with Crippen molar-refractivity contribution in [2.45, 2.75) is 113 Å². The standard InChI is InChI=1S/C47H56ClN3O14S/c1-25-10-9-11-35(62-8)47(60)23-33(63-40(55)24-47)26(2)42-46(4,65-42)36(22-38(53)50(6)31-19-28(18-25)20-32(61-7)41(31)48)64-45(59)27(3)49(5)37(52)16-17-66-34-21-39(54)51(43(34)56)30-14-12-29(13-15-30)44(57)58/h9-15,19-20,26-27,33-36,42,60H,16-18,21-24H2,1-8H3,(H,57,58)/p-1/b11-9+,25-10+/t26-,27+,33+,34?,35-,36+,42+,46-,47-/m1/s1. The maximum atomic E-state index is 14.3. The zero-order valence-corrected chi connectivity index (χ0v) is 39.6. The number of epoxide rings is 1. The number of thioether (sulfide) groups is 1. The van der Waals surface area contributed by atoms with E-state index >= 15 is 0 Å². The number of imide groups is 1. The predicted octanol–water partition coefficient (Wildman–Crippen LogP) is 3.58. The number of hydrogen-bond donors (Lipinski definition) is 1. The summed E-state index contributed by atoms with van der Waals surface area (Å²) in [7, 11) is 5.87. The van der Waals surface area contributed by atoms with Gasteiger partial charge in [-0.15, -0.1) is 11.8 Å². The molecule has 4 bridgehead atoms. The number of rotatable bonds is 11. The number of anilines is 2. The van der Waals surface area contributed by atoms with Gasteiger partial charge in [-0.3, -0.25) is 24.0 Å². The number of fused-ring (bicyclic) bond motifs is 5. The molecule has 3 saturated heterocycles. The van der Waals surface area contributed by atoms with Crippen LogP contribution in [-0.2, 0) is 54.1 Å².